The van der Waals surface area contributed by atoms with Gasteiger partial charge < -0.3 is 14.7 Å². The van der Waals surface area contributed by atoms with Gasteiger partial charge in [0.2, 0.25) is 11.6 Å². The van der Waals surface area contributed by atoms with Crippen LogP contribution in [-0.4, -0.2) is 55.5 Å². The third-order valence-corrected chi connectivity index (χ3v) is 5.07. The minimum atomic E-state index is -0.608. The Balaban J connectivity index is 1.37. The number of nitrogens with one attached hydrogen (secondary N) is 1. The number of hydrogen-bond donors (Lipinski definition) is 1. The van der Waals surface area contributed by atoms with E-state index in [0.29, 0.717) is 31.6 Å². The van der Waals surface area contributed by atoms with Gasteiger partial charge in [-0.1, -0.05) is 5.16 Å². The number of nitrogens with zero attached hydrogens (tertiary/aromatic N) is 5. The maximum absolute atomic E-state index is 12.9. The Bertz CT molecular complexity index is 1050. The summed E-state index contributed by atoms with van der Waals surface area (Å²) < 4.78 is 18.2. The summed E-state index contributed by atoms with van der Waals surface area (Å²) in [6.45, 7) is 2.76. The molecular formula is C20H19FN6O3. The molecule has 1 aliphatic rings. The molecule has 0 aromatic carbocycles. The number of piperidine rings is 1. The molecule has 1 aliphatic heterocycles. The summed E-state index contributed by atoms with van der Waals surface area (Å²) >= 11 is 0. The molecule has 3 aromatic rings. The van der Waals surface area contributed by atoms with Gasteiger partial charge in [0.25, 0.3) is 11.8 Å². The lowest BCUT2D eigenvalue weighted by Gasteiger charge is -2.39. The van der Waals surface area contributed by atoms with Crippen LogP contribution in [0.15, 0.2) is 47.5 Å². The molecule has 0 unspecified atom stereocenters. The lowest BCUT2D eigenvalue weighted by molar-refractivity contribution is 0.0599. The summed E-state index contributed by atoms with van der Waals surface area (Å²) in [6.07, 6.45) is 6.27. The number of carbonyl (C=O) groups is 2. The van der Waals surface area contributed by atoms with Crippen molar-refractivity contribution >= 4 is 11.8 Å². The summed E-state index contributed by atoms with van der Waals surface area (Å²) in [6, 6.07) is 5.21. The third-order valence-electron chi connectivity index (χ3n) is 5.07. The van der Waals surface area contributed by atoms with Gasteiger partial charge in [0.1, 0.15) is 5.69 Å². The van der Waals surface area contributed by atoms with Crippen LogP contribution in [0.3, 0.4) is 0 Å². The van der Waals surface area contributed by atoms with Gasteiger partial charge in [0.05, 0.1) is 12.4 Å². The van der Waals surface area contributed by atoms with Crippen LogP contribution in [-0.2, 0) is 0 Å². The SMILES string of the molecule is CC1(NC(=O)c2ncc(F)cn2)CCN(C(=O)c2cc(-c3cccnc3)no2)CC1. The van der Waals surface area contributed by atoms with E-state index in [4.69, 9.17) is 4.52 Å². The van der Waals surface area contributed by atoms with E-state index in [9.17, 15) is 14.0 Å². The van der Waals surface area contributed by atoms with E-state index in [1.165, 1.54) is 0 Å². The van der Waals surface area contributed by atoms with Crippen LogP contribution in [0.5, 0.6) is 0 Å². The second-order valence-electron chi connectivity index (χ2n) is 7.35. The van der Waals surface area contributed by atoms with Gasteiger partial charge in [0, 0.05) is 42.7 Å². The van der Waals surface area contributed by atoms with Crippen molar-refractivity contribution in [2.45, 2.75) is 25.3 Å². The number of halogens is 1. The van der Waals surface area contributed by atoms with Crippen LogP contribution in [0.25, 0.3) is 11.3 Å². The lowest BCUT2D eigenvalue weighted by Crippen LogP contribution is -2.54. The van der Waals surface area contributed by atoms with E-state index >= 15 is 0 Å². The molecule has 10 heteroatoms. The molecule has 0 aliphatic carbocycles. The average molecular weight is 410 g/mol. The highest BCUT2D eigenvalue weighted by molar-refractivity contribution is 5.93. The molecule has 3 aromatic heterocycles. The van der Waals surface area contributed by atoms with Gasteiger partial charge in [0.15, 0.2) is 5.82 Å². The molecule has 9 nitrogen and oxygen atoms in total. The smallest absolute Gasteiger partial charge is 0.292 e. The van der Waals surface area contributed by atoms with E-state index < -0.39 is 17.3 Å². The predicted molar refractivity (Wildman–Crippen MR) is 103 cm³/mol. The molecule has 0 saturated carbocycles. The monoisotopic (exact) mass is 410 g/mol. The highest BCUT2D eigenvalue weighted by Crippen LogP contribution is 2.25. The summed E-state index contributed by atoms with van der Waals surface area (Å²) in [4.78, 5) is 38.2. The normalized spacial score (nSPS) is 15.6. The Hall–Kier alpha value is -3.69. The maximum Gasteiger partial charge on any atom is 0.292 e. The van der Waals surface area contributed by atoms with Crippen LogP contribution in [0.1, 0.15) is 40.9 Å². The van der Waals surface area contributed by atoms with Crippen molar-refractivity contribution in [2.75, 3.05) is 13.1 Å². The fraction of sp³-hybridized carbons (Fsp3) is 0.300. The molecule has 4 heterocycles. The molecule has 2 amide bonds. The Morgan fingerprint density at radius 2 is 1.93 bits per heavy atom. The van der Waals surface area contributed by atoms with Crippen LogP contribution in [0, 0.1) is 5.82 Å². The van der Waals surface area contributed by atoms with Crippen molar-refractivity contribution in [3.8, 4) is 11.3 Å². The second-order valence-corrected chi connectivity index (χ2v) is 7.35. The number of aromatic nitrogens is 4. The Morgan fingerprint density at radius 1 is 1.20 bits per heavy atom. The molecule has 0 atom stereocenters. The van der Waals surface area contributed by atoms with Crippen molar-refractivity contribution in [3.05, 3.63) is 60.4 Å². The number of carbonyl (C=O) groups excluding carboxylic acids is 2. The van der Waals surface area contributed by atoms with Gasteiger partial charge in [-0.15, -0.1) is 0 Å². The molecule has 0 bridgehead atoms. The van der Waals surface area contributed by atoms with E-state index in [0.717, 1.165) is 18.0 Å². The molecule has 1 saturated heterocycles. The molecule has 30 heavy (non-hydrogen) atoms. The van der Waals surface area contributed by atoms with Gasteiger partial charge in [-0.3, -0.25) is 14.6 Å². The Kier molecular flexibility index (Phi) is 5.21. The van der Waals surface area contributed by atoms with Crippen LogP contribution >= 0.6 is 0 Å². The first-order valence-corrected chi connectivity index (χ1v) is 9.40. The summed E-state index contributed by atoms with van der Waals surface area (Å²) in [5.41, 5.74) is 0.769. The van der Waals surface area contributed by atoms with Gasteiger partial charge in [-0.25, -0.2) is 14.4 Å². The quantitative estimate of drug-likeness (QED) is 0.700. The van der Waals surface area contributed by atoms with E-state index in [1.54, 1.807) is 29.4 Å². The first-order valence-electron chi connectivity index (χ1n) is 9.40. The second kappa shape index (κ2) is 7.97. The highest BCUT2D eigenvalue weighted by Gasteiger charge is 2.35. The zero-order valence-corrected chi connectivity index (χ0v) is 16.2. The van der Waals surface area contributed by atoms with Crippen molar-refractivity contribution in [3.63, 3.8) is 0 Å². The van der Waals surface area contributed by atoms with Crippen molar-refractivity contribution in [1.29, 1.82) is 0 Å². The van der Waals surface area contributed by atoms with Crippen molar-refractivity contribution in [1.82, 2.24) is 30.3 Å². The molecule has 1 N–H and O–H groups in total. The standard InChI is InChI=1S/C20H19FN6O3/c1-20(25-18(28)17-23-11-14(21)12-24-17)4-7-27(8-5-20)19(29)16-9-15(26-30-16)13-3-2-6-22-10-13/h2-3,6,9-12H,4-5,7-8H2,1H3,(H,25,28). The molecule has 154 valence electrons. The van der Waals surface area contributed by atoms with E-state index in [2.05, 4.69) is 25.4 Å². The third kappa shape index (κ3) is 4.17. The van der Waals surface area contributed by atoms with Gasteiger partial charge in [-0.05, 0) is 31.9 Å². The fourth-order valence-electron chi connectivity index (χ4n) is 3.27. The first-order chi connectivity index (χ1) is 14.4. The number of amides is 2. The van der Waals surface area contributed by atoms with Gasteiger partial charge >= 0.3 is 0 Å². The number of likely N-dealkylation sites (tertiary alicyclic amines) is 1. The zero-order valence-electron chi connectivity index (χ0n) is 16.2. The largest absolute Gasteiger partial charge is 0.350 e. The number of hydrogen-bond acceptors (Lipinski definition) is 7. The predicted octanol–water partition coefficient (Wildman–Crippen LogP) is 2.09. The van der Waals surface area contributed by atoms with E-state index in [1.807, 2.05) is 13.0 Å². The minimum Gasteiger partial charge on any atom is -0.350 e. The first kappa shape index (κ1) is 19.6. The molecular weight excluding hydrogens is 391 g/mol. The average Bonchev–Trinajstić information content (AvgIpc) is 3.25. The molecule has 0 radical (unpaired) electrons. The Labute approximate surface area is 171 Å². The maximum atomic E-state index is 12.9. The Morgan fingerprint density at radius 3 is 2.60 bits per heavy atom. The van der Waals surface area contributed by atoms with Crippen molar-refractivity contribution in [2.24, 2.45) is 0 Å². The summed E-state index contributed by atoms with van der Waals surface area (Å²) in [5.74, 6) is -1.29. The topological polar surface area (TPSA) is 114 Å². The van der Waals surface area contributed by atoms with Crippen LogP contribution in [0.4, 0.5) is 4.39 Å². The minimum absolute atomic E-state index is 0.0966. The van der Waals surface area contributed by atoms with Gasteiger partial charge in [-0.2, -0.15) is 0 Å². The fourth-order valence-corrected chi connectivity index (χ4v) is 3.27. The lowest BCUT2D eigenvalue weighted by atomic mass is 9.89. The molecule has 4 rings (SSSR count). The number of pyridine rings is 1. The zero-order chi connectivity index (χ0) is 21.1. The van der Waals surface area contributed by atoms with Crippen molar-refractivity contribution < 1.29 is 18.5 Å². The number of rotatable bonds is 4. The summed E-state index contributed by atoms with van der Waals surface area (Å²) in [7, 11) is 0. The molecule has 0 spiro atoms. The van der Waals surface area contributed by atoms with Crippen LogP contribution in [0.2, 0.25) is 0 Å². The summed E-state index contributed by atoms with van der Waals surface area (Å²) in [5, 5.41) is 6.84. The van der Waals surface area contributed by atoms with Crippen LogP contribution < -0.4 is 5.32 Å². The van der Waals surface area contributed by atoms with E-state index in [-0.39, 0.29) is 17.5 Å². The highest BCUT2D eigenvalue weighted by atomic mass is 19.1. The molecule has 1 fully saturated rings.